The molecule has 2 heterocycles. The van der Waals surface area contributed by atoms with E-state index in [2.05, 4.69) is 24.1 Å². The van der Waals surface area contributed by atoms with Gasteiger partial charge >= 0.3 is 0 Å². The molecule has 1 aromatic carbocycles. The van der Waals surface area contributed by atoms with E-state index in [1.807, 2.05) is 18.2 Å². The van der Waals surface area contributed by atoms with E-state index in [1.54, 1.807) is 17.9 Å². The minimum atomic E-state index is -0.671. The lowest BCUT2D eigenvalue weighted by Gasteiger charge is -2.37. The van der Waals surface area contributed by atoms with Crippen molar-refractivity contribution in [3.05, 3.63) is 29.8 Å². The number of amides is 2. The largest absolute Gasteiger partial charge is 0.486 e. The van der Waals surface area contributed by atoms with Crippen LogP contribution in [0.3, 0.4) is 0 Å². The Balaban J connectivity index is 1.57. The number of carbonyl (C=O) groups excluding carboxylic acids is 3. The van der Waals surface area contributed by atoms with Crippen LogP contribution in [-0.4, -0.2) is 71.8 Å². The number of likely N-dealkylation sites (tertiary alicyclic amines) is 1. The molecule has 0 unspecified atom stereocenters. The molecule has 1 saturated heterocycles. The van der Waals surface area contributed by atoms with Gasteiger partial charge in [0.2, 0.25) is 11.8 Å². The van der Waals surface area contributed by atoms with Gasteiger partial charge in [-0.15, -0.1) is 0 Å². The molecule has 0 aromatic heterocycles. The summed E-state index contributed by atoms with van der Waals surface area (Å²) in [4.78, 5) is 42.1. The zero-order valence-corrected chi connectivity index (χ0v) is 19.0. The molecule has 2 amide bonds. The van der Waals surface area contributed by atoms with Crippen molar-refractivity contribution in [3.8, 4) is 5.75 Å². The number of Topliss-reactive ketones (excluding diaryl/α,β-unsaturated/α-hetero) is 1. The molecular formula is C24H35N3O4. The van der Waals surface area contributed by atoms with Gasteiger partial charge in [0.25, 0.3) is 0 Å². The number of benzene rings is 1. The Labute approximate surface area is 185 Å². The number of ketones is 1. The quantitative estimate of drug-likeness (QED) is 0.643. The van der Waals surface area contributed by atoms with Gasteiger partial charge in [-0.1, -0.05) is 26.0 Å². The molecule has 0 saturated carbocycles. The molecule has 1 N–H and O–H groups in total. The van der Waals surface area contributed by atoms with Crippen LogP contribution in [0, 0.1) is 0 Å². The van der Waals surface area contributed by atoms with Crippen molar-refractivity contribution in [1.29, 1.82) is 0 Å². The molecule has 0 bridgehead atoms. The summed E-state index contributed by atoms with van der Waals surface area (Å²) in [5.74, 6) is 0.466. The lowest BCUT2D eigenvalue weighted by atomic mass is 9.84. The molecule has 1 fully saturated rings. The van der Waals surface area contributed by atoms with Gasteiger partial charge in [0, 0.05) is 25.9 Å². The maximum Gasteiger partial charge on any atom is 0.242 e. The van der Waals surface area contributed by atoms with E-state index >= 15 is 0 Å². The Morgan fingerprint density at radius 1 is 1.23 bits per heavy atom. The van der Waals surface area contributed by atoms with Crippen LogP contribution < -0.4 is 10.1 Å². The summed E-state index contributed by atoms with van der Waals surface area (Å²) in [5, 5.41) is 2.97. The number of rotatable bonds is 8. The molecule has 2 aliphatic heterocycles. The zero-order valence-electron chi connectivity index (χ0n) is 19.0. The van der Waals surface area contributed by atoms with E-state index in [-0.39, 0.29) is 30.4 Å². The summed E-state index contributed by atoms with van der Waals surface area (Å²) in [6.45, 7) is 9.98. The topological polar surface area (TPSA) is 79.0 Å². The van der Waals surface area contributed by atoms with Crippen molar-refractivity contribution in [1.82, 2.24) is 15.1 Å². The molecule has 1 spiro atoms. The smallest absolute Gasteiger partial charge is 0.242 e. The van der Waals surface area contributed by atoms with Crippen molar-refractivity contribution in [3.63, 3.8) is 0 Å². The average molecular weight is 430 g/mol. The van der Waals surface area contributed by atoms with Gasteiger partial charge < -0.3 is 19.9 Å². The predicted octanol–water partition coefficient (Wildman–Crippen LogP) is 2.64. The molecule has 31 heavy (non-hydrogen) atoms. The van der Waals surface area contributed by atoms with Crippen molar-refractivity contribution in [2.45, 2.75) is 64.5 Å². The highest BCUT2D eigenvalue weighted by Gasteiger charge is 2.44. The second kappa shape index (κ2) is 10.3. The van der Waals surface area contributed by atoms with Crippen LogP contribution in [0.4, 0.5) is 0 Å². The lowest BCUT2D eigenvalue weighted by molar-refractivity contribution is -0.139. The predicted molar refractivity (Wildman–Crippen MR) is 119 cm³/mol. The zero-order chi connectivity index (χ0) is 22.4. The molecule has 7 nitrogen and oxygen atoms in total. The van der Waals surface area contributed by atoms with E-state index in [0.717, 1.165) is 26.1 Å². The van der Waals surface area contributed by atoms with Crippen LogP contribution in [0.1, 0.15) is 63.2 Å². The molecule has 170 valence electrons. The fourth-order valence-electron chi connectivity index (χ4n) is 4.53. The van der Waals surface area contributed by atoms with Crippen molar-refractivity contribution in [2.24, 2.45) is 0 Å². The molecule has 2 atom stereocenters. The third-order valence-corrected chi connectivity index (χ3v) is 6.61. The third-order valence-electron chi connectivity index (χ3n) is 6.61. The average Bonchev–Trinajstić information content (AvgIpc) is 2.92. The van der Waals surface area contributed by atoms with Crippen LogP contribution >= 0.6 is 0 Å². The first-order valence-electron chi connectivity index (χ1n) is 11.5. The number of nitrogens with zero attached hydrogens (tertiary/aromatic N) is 2. The second-order valence-electron chi connectivity index (χ2n) is 8.57. The summed E-state index contributed by atoms with van der Waals surface area (Å²) >= 11 is 0. The van der Waals surface area contributed by atoms with Crippen LogP contribution in [0.15, 0.2) is 24.3 Å². The van der Waals surface area contributed by atoms with Gasteiger partial charge in [-0.05, 0) is 51.5 Å². The molecular weight excluding hydrogens is 394 g/mol. The van der Waals surface area contributed by atoms with Crippen LogP contribution in [0.25, 0.3) is 0 Å². The highest BCUT2D eigenvalue weighted by molar-refractivity contribution is 6.00. The van der Waals surface area contributed by atoms with Gasteiger partial charge in [-0.2, -0.15) is 0 Å². The fraction of sp³-hybridized carbons (Fsp3) is 0.625. The van der Waals surface area contributed by atoms with E-state index in [1.165, 1.54) is 0 Å². The number of carbonyl (C=O) groups is 3. The summed E-state index contributed by atoms with van der Waals surface area (Å²) < 4.78 is 6.27. The molecule has 7 heteroatoms. The van der Waals surface area contributed by atoms with Crippen LogP contribution in [0.5, 0.6) is 5.75 Å². The Kier molecular flexibility index (Phi) is 7.70. The number of para-hydroxylation sites is 1. The first-order valence-corrected chi connectivity index (χ1v) is 11.5. The second-order valence-corrected chi connectivity index (χ2v) is 8.57. The molecule has 3 rings (SSSR count). The maximum atomic E-state index is 12.8. The summed E-state index contributed by atoms with van der Waals surface area (Å²) in [7, 11) is 0. The monoisotopic (exact) mass is 429 g/mol. The van der Waals surface area contributed by atoms with Crippen molar-refractivity contribution < 1.29 is 19.1 Å². The number of fused-ring (bicyclic) bond motifs is 1. The first kappa shape index (κ1) is 23.3. The number of nitrogens with one attached hydrogen (secondary N) is 1. The Morgan fingerprint density at radius 3 is 2.71 bits per heavy atom. The van der Waals surface area contributed by atoms with Gasteiger partial charge in [0.15, 0.2) is 5.78 Å². The third kappa shape index (κ3) is 5.45. The van der Waals surface area contributed by atoms with Gasteiger partial charge in [0.1, 0.15) is 17.4 Å². The van der Waals surface area contributed by atoms with Crippen LogP contribution in [-0.2, 0) is 9.59 Å². The Hall–Kier alpha value is -2.41. The van der Waals surface area contributed by atoms with E-state index in [4.69, 9.17) is 4.74 Å². The maximum absolute atomic E-state index is 12.8. The summed E-state index contributed by atoms with van der Waals surface area (Å²) in [5.41, 5.74) is -0.0616. The van der Waals surface area contributed by atoms with E-state index in [9.17, 15) is 14.4 Å². The van der Waals surface area contributed by atoms with E-state index in [0.29, 0.717) is 37.2 Å². The van der Waals surface area contributed by atoms with Crippen molar-refractivity contribution in [2.75, 3.05) is 32.7 Å². The highest BCUT2D eigenvalue weighted by Crippen LogP contribution is 2.39. The van der Waals surface area contributed by atoms with Gasteiger partial charge in [-0.3, -0.25) is 14.4 Å². The van der Waals surface area contributed by atoms with Crippen molar-refractivity contribution >= 4 is 17.6 Å². The number of hydrogen-bond donors (Lipinski definition) is 1. The molecule has 1 aromatic rings. The minimum absolute atomic E-state index is 0.0572. The normalized spacial score (nSPS) is 22.1. The van der Waals surface area contributed by atoms with Gasteiger partial charge in [0.05, 0.1) is 12.0 Å². The standard InChI is InChI=1S/C24H35N3O4/c1-4-26(5-2)15-8-14-25-23(30)18(3)27-16-13-24(12-11-22(27)29)17-20(28)19-9-6-7-10-21(19)31-24/h6-7,9-10,18H,4-5,8,11-17H2,1-3H3,(H,25,30)/t18-,24+/m0/s1. The van der Waals surface area contributed by atoms with Crippen LogP contribution in [0.2, 0.25) is 0 Å². The number of hydrogen-bond acceptors (Lipinski definition) is 5. The number of ether oxygens (including phenoxy) is 1. The summed E-state index contributed by atoms with van der Waals surface area (Å²) in [6.07, 6.45) is 2.46. The fourth-order valence-corrected chi connectivity index (χ4v) is 4.53. The highest BCUT2D eigenvalue weighted by atomic mass is 16.5. The van der Waals surface area contributed by atoms with E-state index < -0.39 is 11.6 Å². The SMILES string of the molecule is CCN(CC)CCCNC(=O)[C@H](C)N1CC[C@]2(CCC1=O)CC(=O)c1ccccc1O2. The first-order chi connectivity index (χ1) is 14.9. The minimum Gasteiger partial charge on any atom is -0.486 e. The Bertz CT molecular complexity index is 808. The molecule has 0 radical (unpaired) electrons. The van der Waals surface area contributed by atoms with Gasteiger partial charge in [-0.25, -0.2) is 0 Å². The Morgan fingerprint density at radius 2 is 1.97 bits per heavy atom. The lowest BCUT2D eigenvalue weighted by Crippen LogP contribution is -2.49. The molecule has 2 aliphatic rings. The summed E-state index contributed by atoms with van der Waals surface area (Å²) in [6, 6.07) is 6.74. The molecule has 0 aliphatic carbocycles.